The number of imidazole rings is 1. The number of hydrogen-bond acceptors (Lipinski definition) is 6. The quantitative estimate of drug-likeness (QED) is 0.387. The van der Waals surface area contributed by atoms with E-state index in [1.165, 1.54) is 0 Å². The number of amides is 1. The van der Waals surface area contributed by atoms with Crippen LogP contribution in [0.1, 0.15) is 21.8 Å². The van der Waals surface area contributed by atoms with Crippen molar-refractivity contribution in [1.29, 1.82) is 0 Å². The molecule has 0 atom stereocenters. The van der Waals surface area contributed by atoms with Gasteiger partial charge in [-0.15, -0.1) is 0 Å². The third kappa shape index (κ3) is 4.15. The number of carbonyl (C=O) groups is 1. The Morgan fingerprint density at radius 1 is 1.06 bits per heavy atom. The van der Waals surface area contributed by atoms with Crippen molar-refractivity contribution in [3.8, 4) is 11.3 Å². The van der Waals surface area contributed by atoms with Gasteiger partial charge in [-0.05, 0) is 42.5 Å². The van der Waals surface area contributed by atoms with E-state index < -0.39 is 0 Å². The van der Waals surface area contributed by atoms with Gasteiger partial charge in [0.25, 0.3) is 5.91 Å². The molecular formula is C26H21N7O2. The van der Waals surface area contributed by atoms with Gasteiger partial charge in [-0.25, -0.2) is 14.6 Å². The second-order valence-corrected chi connectivity index (χ2v) is 8.12. The molecule has 0 fully saturated rings. The van der Waals surface area contributed by atoms with E-state index >= 15 is 0 Å². The van der Waals surface area contributed by atoms with Crippen LogP contribution in [0.25, 0.3) is 27.9 Å². The van der Waals surface area contributed by atoms with Crippen molar-refractivity contribution < 1.29 is 9.21 Å². The predicted octanol–water partition coefficient (Wildman–Crippen LogP) is 3.75. The molecule has 0 bridgehead atoms. The summed E-state index contributed by atoms with van der Waals surface area (Å²) in [6.07, 6.45) is 11.3. The maximum atomic E-state index is 13.3. The first-order chi connectivity index (χ1) is 17.2. The largest absolute Gasteiger partial charge is 0.467 e. The summed E-state index contributed by atoms with van der Waals surface area (Å²) in [5, 5.41) is 8.19. The first kappa shape index (κ1) is 20.8. The highest BCUT2D eigenvalue weighted by molar-refractivity contribution is 6.06. The molecule has 0 aromatic carbocycles. The van der Waals surface area contributed by atoms with E-state index in [1.54, 1.807) is 35.6 Å². The second-order valence-electron chi connectivity index (χ2n) is 8.12. The van der Waals surface area contributed by atoms with Gasteiger partial charge in [0.05, 0.1) is 34.8 Å². The smallest absolute Gasteiger partial charge is 0.252 e. The summed E-state index contributed by atoms with van der Waals surface area (Å²) < 4.78 is 9.19. The van der Waals surface area contributed by atoms with Crippen molar-refractivity contribution in [3.63, 3.8) is 0 Å². The third-order valence-electron chi connectivity index (χ3n) is 5.78. The SMILES string of the molecule is O=C(NCCc1cn2ccccc2n1)c1cc(-c2cccnc2)nc2c1cnn2Cc1ccco1. The molecule has 6 heterocycles. The minimum atomic E-state index is -0.191. The van der Waals surface area contributed by atoms with Gasteiger partial charge in [-0.3, -0.25) is 9.78 Å². The zero-order valence-corrected chi connectivity index (χ0v) is 18.7. The van der Waals surface area contributed by atoms with Gasteiger partial charge in [-0.1, -0.05) is 6.07 Å². The topological polar surface area (TPSA) is 103 Å². The number of rotatable bonds is 7. The van der Waals surface area contributed by atoms with Crippen LogP contribution in [0, 0.1) is 0 Å². The van der Waals surface area contributed by atoms with E-state index in [9.17, 15) is 4.79 Å². The van der Waals surface area contributed by atoms with Gasteiger partial charge in [0.15, 0.2) is 5.65 Å². The molecular weight excluding hydrogens is 442 g/mol. The van der Waals surface area contributed by atoms with Gasteiger partial charge >= 0.3 is 0 Å². The number of carbonyl (C=O) groups excluding carboxylic acids is 1. The normalized spacial score (nSPS) is 11.3. The zero-order valence-electron chi connectivity index (χ0n) is 18.7. The molecule has 1 N–H and O–H groups in total. The lowest BCUT2D eigenvalue weighted by atomic mass is 10.1. The molecule has 0 aliphatic carbocycles. The molecule has 6 rings (SSSR count). The molecule has 6 aromatic heterocycles. The molecule has 0 saturated carbocycles. The summed E-state index contributed by atoms with van der Waals surface area (Å²) in [6.45, 7) is 0.865. The van der Waals surface area contributed by atoms with Gasteiger partial charge < -0.3 is 14.1 Å². The molecule has 0 aliphatic rings. The van der Waals surface area contributed by atoms with Crippen LogP contribution in [0.4, 0.5) is 0 Å². The number of pyridine rings is 3. The summed E-state index contributed by atoms with van der Waals surface area (Å²) >= 11 is 0. The third-order valence-corrected chi connectivity index (χ3v) is 5.78. The van der Waals surface area contributed by atoms with E-state index in [0.29, 0.717) is 41.8 Å². The standard InChI is InChI=1S/C26H21N7O2/c34-26(28-10-8-19-16-32-11-2-1-7-24(32)30-19)21-13-23(18-5-3-9-27-14-18)31-25-22(21)15-29-33(25)17-20-6-4-12-35-20/h1-7,9,11-16H,8,10,17H2,(H,28,34). The Kier molecular flexibility index (Phi) is 5.27. The number of aromatic nitrogens is 6. The molecule has 0 aliphatic heterocycles. The summed E-state index contributed by atoms with van der Waals surface area (Å²) in [6, 6.07) is 15.1. The Morgan fingerprint density at radius 3 is 2.86 bits per heavy atom. The van der Waals surface area contributed by atoms with Gasteiger partial charge in [0.2, 0.25) is 0 Å². The van der Waals surface area contributed by atoms with E-state index in [4.69, 9.17) is 9.40 Å². The molecule has 9 nitrogen and oxygen atoms in total. The van der Waals surface area contributed by atoms with Crippen LogP contribution in [-0.4, -0.2) is 41.6 Å². The van der Waals surface area contributed by atoms with Crippen molar-refractivity contribution in [3.05, 3.63) is 103 Å². The van der Waals surface area contributed by atoms with E-state index in [2.05, 4.69) is 20.4 Å². The highest BCUT2D eigenvalue weighted by Crippen LogP contribution is 2.25. The van der Waals surface area contributed by atoms with E-state index in [1.807, 2.05) is 59.3 Å². The average molecular weight is 464 g/mol. The van der Waals surface area contributed by atoms with Crippen molar-refractivity contribution >= 4 is 22.6 Å². The lowest BCUT2D eigenvalue weighted by Crippen LogP contribution is -2.26. The van der Waals surface area contributed by atoms with Crippen LogP contribution >= 0.6 is 0 Å². The minimum absolute atomic E-state index is 0.191. The Balaban J connectivity index is 1.30. The average Bonchev–Trinajstić information content (AvgIpc) is 3.64. The monoisotopic (exact) mass is 463 g/mol. The number of furan rings is 1. The lowest BCUT2D eigenvalue weighted by molar-refractivity contribution is 0.0955. The fourth-order valence-corrected chi connectivity index (χ4v) is 4.07. The lowest BCUT2D eigenvalue weighted by Gasteiger charge is -2.09. The maximum Gasteiger partial charge on any atom is 0.252 e. The molecule has 0 unspecified atom stereocenters. The Labute approximate surface area is 200 Å². The van der Waals surface area contributed by atoms with Crippen molar-refractivity contribution in [2.45, 2.75) is 13.0 Å². The molecule has 172 valence electrons. The molecule has 35 heavy (non-hydrogen) atoms. The molecule has 0 saturated heterocycles. The summed E-state index contributed by atoms with van der Waals surface area (Å²) in [5.41, 5.74) is 4.38. The fraction of sp³-hybridized carbons (Fsp3) is 0.115. The number of nitrogens with zero attached hydrogens (tertiary/aromatic N) is 6. The fourth-order valence-electron chi connectivity index (χ4n) is 4.07. The predicted molar refractivity (Wildman–Crippen MR) is 130 cm³/mol. The van der Waals surface area contributed by atoms with Crippen LogP contribution in [0.2, 0.25) is 0 Å². The summed E-state index contributed by atoms with van der Waals surface area (Å²) in [7, 11) is 0. The van der Waals surface area contributed by atoms with Crippen molar-refractivity contribution in [2.75, 3.05) is 6.54 Å². The van der Waals surface area contributed by atoms with Crippen LogP contribution in [0.5, 0.6) is 0 Å². The van der Waals surface area contributed by atoms with Gasteiger partial charge in [-0.2, -0.15) is 5.10 Å². The van der Waals surface area contributed by atoms with Crippen LogP contribution in [0.3, 0.4) is 0 Å². The van der Waals surface area contributed by atoms with E-state index in [-0.39, 0.29) is 5.91 Å². The van der Waals surface area contributed by atoms with Gasteiger partial charge in [0, 0.05) is 43.3 Å². The maximum absolute atomic E-state index is 13.3. The number of nitrogens with one attached hydrogen (secondary N) is 1. The number of fused-ring (bicyclic) bond motifs is 2. The van der Waals surface area contributed by atoms with Crippen LogP contribution in [0.15, 0.2) is 90.2 Å². The molecule has 0 spiro atoms. The first-order valence-electron chi connectivity index (χ1n) is 11.2. The summed E-state index contributed by atoms with van der Waals surface area (Å²) in [4.78, 5) is 26.9. The minimum Gasteiger partial charge on any atom is -0.467 e. The molecule has 6 aromatic rings. The zero-order chi connectivity index (χ0) is 23.6. The van der Waals surface area contributed by atoms with Crippen molar-refractivity contribution in [2.24, 2.45) is 0 Å². The molecule has 0 radical (unpaired) electrons. The Morgan fingerprint density at radius 2 is 2.03 bits per heavy atom. The number of hydrogen-bond donors (Lipinski definition) is 1. The van der Waals surface area contributed by atoms with Crippen LogP contribution < -0.4 is 5.32 Å². The highest BCUT2D eigenvalue weighted by atomic mass is 16.3. The van der Waals surface area contributed by atoms with Gasteiger partial charge in [0.1, 0.15) is 18.0 Å². The highest BCUT2D eigenvalue weighted by Gasteiger charge is 2.18. The molecule has 1 amide bonds. The summed E-state index contributed by atoms with van der Waals surface area (Å²) in [5.74, 6) is 0.561. The first-order valence-corrected chi connectivity index (χ1v) is 11.2. The van der Waals surface area contributed by atoms with Crippen LogP contribution in [-0.2, 0) is 13.0 Å². The van der Waals surface area contributed by atoms with Crippen molar-refractivity contribution in [1.82, 2.24) is 34.4 Å². The second kappa shape index (κ2) is 8.86. The molecule has 9 heteroatoms. The Bertz CT molecular complexity index is 1590. The Hall–Kier alpha value is -4.79. The van der Waals surface area contributed by atoms with E-state index in [0.717, 1.165) is 22.7 Å².